The van der Waals surface area contributed by atoms with E-state index in [1.807, 2.05) is 19.1 Å². The molecule has 0 saturated carbocycles. The van der Waals surface area contributed by atoms with Gasteiger partial charge in [0, 0.05) is 10.2 Å². The highest BCUT2D eigenvalue weighted by molar-refractivity contribution is 9.10. The molecule has 0 heterocycles. The first kappa shape index (κ1) is 21.6. The second-order valence-corrected chi connectivity index (χ2v) is 9.11. The number of hydrogen-bond donors (Lipinski definition) is 2. The second kappa shape index (κ2) is 9.48. The number of halogens is 1. The number of benzene rings is 2. The molecule has 0 atom stereocenters. The van der Waals surface area contributed by atoms with Crippen LogP contribution in [0.3, 0.4) is 0 Å². The van der Waals surface area contributed by atoms with Gasteiger partial charge < -0.3 is 10.6 Å². The zero-order valence-corrected chi connectivity index (χ0v) is 17.4. The molecule has 0 aromatic heterocycles. The van der Waals surface area contributed by atoms with Gasteiger partial charge in [-0.1, -0.05) is 28.1 Å². The van der Waals surface area contributed by atoms with Crippen LogP contribution in [0.5, 0.6) is 0 Å². The third-order valence-electron chi connectivity index (χ3n) is 3.73. The second-order valence-electron chi connectivity index (χ2n) is 6.13. The molecule has 2 amide bonds. The van der Waals surface area contributed by atoms with Gasteiger partial charge in [-0.25, -0.2) is 8.42 Å². The van der Waals surface area contributed by atoms with Crippen molar-refractivity contribution in [3.8, 4) is 6.07 Å². The van der Waals surface area contributed by atoms with Crippen LogP contribution in [0.2, 0.25) is 0 Å². The van der Waals surface area contributed by atoms with Gasteiger partial charge in [-0.3, -0.25) is 9.59 Å². The Bertz CT molecular complexity index is 1030. The van der Waals surface area contributed by atoms with E-state index >= 15 is 0 Å². The number of hydrogen-bond acceptors (Lipinski definition) is 5. The van der Waals surface area contributed by atoms with Crippen LogP contribution in [0.15, 0.2) is 46.9 Å². The van der Waals surface area contributed by atoms with Crippen LogP contribution in [0.1, 0.15) is 16.7 Å². The summed E-state index contributed by atoms with van der Waals surface area (Å²) in [4.78, 5) is 23.9. The summed E-state index contributed by atoms with van der Waals surface area (Å²) >= 11 is 3.33. The fourth-order valence-electron chi connectivity index (χ4n) is 2.37. The molecule has 9 heteroatoms. The van der Waals surface area contributed by atoms with Crippen LogP contribution in [0.4, 0.5) is 5.69 Å². The Hall–Kier alpha value is -2.70. The van der Waals surface area contributed by atoms with Crippen LogP contribution in [-0.4, -0.2) is 32.5 Å². The zero-order chi connectivity index (χ0) is 20.7. The first-order valence-corrected chi connectivity index (χ1v) is 10.8. The van der Waals surface area contributed by atoms with Crippen LogP contribution in [0.25, 0.3) is 0 Å². The van der Waals surface area contributed by atoms with Gasteiger partial charge in [-0.05, 0) is 48.4 Å². The number of carbonyl (C=O) groups excluding carboxylic acids is 2. The summed E-state index contributed by atoms with van der Waals surface area (Å²) in [6.07, 6.45) is 0. The number of nitriles is 1. The SMILES string of the molecule is Cc1cc(Br)ccc1NC(=O)CNC(=O)CS(=O)(=O)Cc1ccc(C#N)cc1. The molecule has 2 rings (SSSR count). The molecule has 2 aromatic rings. The number of rotatable bonds is 7. The Kier molecular flexibility index (Phi) is 7.31. The Morgan fingerprint density at radius 2 is 1.79 bits per heavy atom. The number of anilines is 1. The van der Waals surface area contributed by atoms with E-state index in [2.05, 4.69) is 26.6 Å². The largest absolute Gasteiger partial charge is 0.346 e. The summed E-state index contributed by atoms with van der Waals surface area (Å²) in [7, 11) is -3.70. The predicted octanol–water partition coefficient (Wildman–Crippen LogP) is 2.30. The summed E-state index contributed by atoms with van der Waals surface area (Å²) < 4.78 is 25.2. The van der Waals surface area contributed by atoms with Crippen LogP contribution >= 0.6 is 15.9 Å². The van der Waals surface area contributed by atoms with Crippen LogP contribution < -0.4 is 10.6 Å². The Balaban J connectivity index is 1.84. The van der Waals surface area contributed by atoms with Gasteiger partial charge in [0.2, 0.25) is 11.8 Å². The molecule has 0 fully saturated rings. The van der Waals surface area contributed by atoms with Crippen molar-refractivity contribution in [2.75, 3.05) is 17.6 Å². The van der Waals surface area contributed by atoms with Crippen molar-refractivity contribution in [3.63, 3.8) is 0 Å². The van der Waals surface area contributed by atoms with Crippen molar-refractivity contribution in [1.82, 2.24) is 5.32 Å². The molecule has 0 aliphatic rings. The van der Waals surface area contributed by atoms with Crippen molar-refractivity contribution in [2.45, 2.75) is 12.7 Å². The fourth-order valence-corrected chi connectivity index (χ4v) is 4.15. The molecule has 7 nitrogen and oxygen atoms in total. The predicted molar refractivity (Wildman–Crippen MR) is 109 cm³/mol. The summed E-state index contributed by atoms with van der Waals surface area (Å²) in [6.45, 7) is 1.50. The van der Waals surface area contributed by atoms with E-state index in [9.17, 15) is 18.0 Å². The van der Waals surface area contributed by atoms with Crippen molar-refractivity contribution in [1.29, 1.82) is 5.26 Å². The molecule has 0 aliphatic carbocycles. The number of nitrogens with one attached hydrogen (secondary N) is 2. The van der Waals surface area contributed by atoms with Crippen LogP contribution in [0, 0.1) is 18.3 Å². The average Bonchev–Trinajstić information content (AvgIpc) is 2.62. The third-order valence-corrected chi connectivity index (χ3v) is 5.70. The minimum atomic E-state index is -3.70. The highest BCUT2D eigenvalue weighted by Crippen LogP contribution is 2.19. The van der Waals surface area contributed by atoms with Gasteiger partial charge in [0.05, 0.1) is 23.9 Å². The molecule has 2 N–H and O–H groups in total. The van der Waals surface area contributed by atoms with Gasteiger partial charge in [0.1, 0.15) is 5.75 Å². The maximum Gasteiger partial charge on any atom is 0.243 e. The standard InChI is InChI=1S/C19H18BrN3O4S/c1-13-8-16(20)6-7-17(13)23-18(24)10-22-19(25)12-28(26,27)11-15-4-2-14(9-21)3-5-15/h2-8H,10-12H2,1H3,(H,22,25)(H,23,24). The molecule has 146 valence electrons. The highest BCUT2D eigenvalue weighted by atomic mass is 79.9. The number of carbonyl (C=O) groups is 2. The minimum absolute atomic E-state index is 0.323. The summed E-state index contributed by atoms with van der Waals surface area (Å²) in [5.74, 6) is -2.26. The summed E-state index contributed by atoms with van der Waals surface area (Å²) in [6, 6.07) is 13.4. The van der Waals surface area contributed by atoms with Crippen LogP contribution in [-0.2, 0) is 25.2 Å². The van der Waals surface area contributed by atoms with Gasteiger partial charge in [-0.2, -0.15) is 5.26 Å². The summed E-state index contributed by atoms with van der Waals surface area (Å²) in [5, 5.41) is 13.7. The monoisotopic (exact) mass is 463 g/mol. The van der Waals surface area contributed by atoms with Crippen molar-refractivity contribution < 1.29 is 18.0 Å². The minimum Gasteiger partial charge on any atom is -0.346 e. The Morgan fingerprint density at radius 1 is 1.11 bits per heavy atom. The quantitative estimate of drug-likeness (QED) is 0.653. The molecule has 0 bridgehead atoms. The Morgan fingerprint density at radius 3 is 2.39 bits per heavy atom. The lowest BCUT2D eigenvalue weighted by Gasteiger charge is -2.10. The van der Waals surface area contributed by atoms with Gasteiger partial charge >= 0.3 is 0 Å². The topological polar surface area (TPSA) is 116 Å². The fraction of sp³-hybridized carbons (Fsp3) is 0.211. The lowest BCUT2D eigenvalue weighted by atomic mass is 10.2. The average molecular weight is 464 g/mol. The van der Waals surface area contributed by atoms with Gasteiger partial charge in [-0.15, -0.1) is 0 Å². The molecule has 28 heavy (non-hydrogen) atoms. The molecular weight excluding hydrogens is 446 g/mol. The number of amides is 2. The maximum absolute atomic E-state index is 12.1. The number of sulfone groups is 1. The van der Waals surface area contributed by atoms with Crippen molar-refractivity contribution in [2.24, 2.45) is 0 Å². The van der Waals surface area contributed by atoms with E-state index in [1.165, 1.54) is 24.3 Å². The van der Waals surface area contributed by atoms with E-state index in [4.69, 9.17) is 5.26 Å². The number of aryl methyl sites for hydroxylation is 1. The molecule has 2 aromatic carbocycles. The van der Waals surface area contributed by atoms with E-state index < -0.39 is 27.4 Å². The van der Waals surface area contributed by atoms with E-state index in [0.29, 0.717) is 16.8 Å². The summed E-state index contributed by atoms with van der Waals surface area (Å²) in [5.41, 5.74) is 2.36. The first-order valence-electron chi connectivity index (χ1n) is 8.21. The molecule has 0 spiro atoms. The molecule has 0 radical (unpaired) electrons. The smallest absolute Gasteiger partial charge is 0.243 e. The molecule has 0 aliphatic heterocycles. The normalized spacial score (nSPS) is 10.8. The first-order chi connectivity index (χ1) is 13.2. The molecule has 0 unspecified atom stereocenters. The lowest BCUT2D eigenvalue weighted by Crippen LogP contribution is -2.36. The molecular formula is C19H18BrN3O4S. The zero-order valence-electron chi connectivity index (χ0n) is 15.0. The Labute approximate surface area is 171 Å². The highest BCUT2D eigenvalue weighted by Gasteiger charge is 2.18. The van der Waals surface area contributed by atoms with E-state index in [0.717, 1.165) is 10.0 Å². The van der Waals surface area contributed by atoms with Gasteiger partial charge in [0.15, 0.2) is 9.84 Å². The molecule has 0 saturated heterocycles. The lowest BCUT2D eigenvalue weighted by molar-refractivity contribution is -0.122. The van der Waals surface area contributed by atoms with Crippen molar-refractivity contribution in [3.05, 3.63) is 63.6 Å². The third kappa shape index (κ3) is 6.79. The van der Waals surface area contributed by atoms with Crippen molar-refractivity contribution >= 4 is 43.3 Å². The van der Waals surface area contributed by atoms with E-state index in [1.54, 1.807) is 12.1 Å². The van der Waals surface area contributed by atoms with E-state index in [-0.39, 0.29) is 12.3 Å². The maximum atomic E-state index is 12.1. The number of nitrogens with zero attached hydrogens (tertiary/aromatic N) is 1. The van der Waals surface area contributed by atoms with Gasteiger partial charge in [0.25, 0.3) is 0 Å².